The minimum Gasteiger partial charge on any atom is -0.378 e. The van der Waals surface area contributed by atoms with Crippen LogP contribution < -0.4 is 0 Å². The van der Waals surface area contributed by atoms with E-state index in [-0.39, 0.29) is 18.4 Å². The van der Waals surface area contributed by atoms with Crippen LogP contribution in [0.1, 0.15) is 25.7 Å². The summed E-state index contributed by atoms with van der Waals surface area (Å²) in [6.45, 7) is 4.37. The van der Waals surface area contributed by atoms with Gasteiger partial charge in [0, 0.05) is 26.2 Å². The van der Waals surface area contributed by atoms with Crippen molar-refractivity contribution in [1.29, 1.82) is 0 Å². The molecule has 0 N–H and O–H groups in total. The molecule has 1 aromatic carbocycles. The fourth-order valence-electron chi connectivity index (χ4n) is 3.90. The summed E-state index contributed by atoms with van der Waals surface area (Å²) in [5.41, 5.74) is 1.78. The number of ether oxygens (including phenoxy) is 1. The van der Waals surface area contributed by atoms with Crippen LogP contribution in [0, 0.1) is 0 Å². The van der Waals surface area contributed by atoms with Gasteiger partial charge in [-0.1, -0.05) is 36.7 Å². The molecule has 2 saturated heterocycles. The average molecular weight is 417 g/mol. The fourth-order valence-corrected chi connectivity index (χ4v) is 4.82. The number of rotatable bonds is 5. The van der Waals surface area contributed by atoms with Crippen LogP contribution in [0.5, 0.6) is 0 Å². The number of morpholine rings is 1. The van der Waals surface area contributed by atoms with Crippen molar-refractivity contribution in [3.8, 4) is 0 Å². The molecular weight excluding hydrogens is 388 g/mol. The lowest BCUT2D eigenvalue weighted by atomic mass is 10.2. The Morgan fingerprint density at radius 1 is 0.931 bits per heavy atom. The Hall–Kier alpha value is -2.06. The molecule has 8 heteroatoms. The summed E-state index contributed by atoms with van der Waals surface area (Å²) in [5.74, 6) is 0.585. The van der Waals surface area contributed by atoms with Crippen LogP contribution in [0.4, 0.5) is 0 Å². The van der Waals surface area contributed by atoms with Gasteiger partial charge in [0.1, 0.15) is 6.54 Å². The summed E-state index contributed by atoms with van der Waals surface area (Å²) in [4.78, 5) is 34.0. The topological polar surface area (TPSA) is 67.7 Å². The zero-order valence-corrected chi connectivity index (χ0v) is 17.5. The second kappa shape index (κ2) is 9.63. The summed E-state index contributed by atoms with van der Waals surface area (Å²) in [5, 5.41) is 0.732. The molecule has 0 spiro atoms. The SMILES string of the molecule is O=C(CSc1nc2ccccc2n1CC(=O)N1CCOCC1)N1CCCCCC1. The smallest absolute Gasteiger partial charge is 0.242 e. The Balaban J connectivity index is 1.48. The van der Waals surface area contributed by atoms with Gasteiger partial charge in [0.2, 0.25) is 11.8 Å². The van der Waals surface area contributed by atoms with E-state index in [1.54, 1.807) is 0 Å². The normalized spacial score (nSPS) is 18.1. The van der Waals surface area contributed by atoms with Gasteiger partial charge < -0.3 is 19.1 Å². The third kappa shape index (κ3) is 4.93. The fraction of sp³-hybridized carbons (Fsp3) is 0.571. The van der Waals surface area contributed by atoms with Crippen molar-refractivity contribution in [3.05, 3.63) is 24.3 Å². The number of likely N-dealkylation sites (tertiary alicyclic amines) is 1. The predicted molar refractivity (Wildman–Crippen MR) is 113 cm³/mol. The van der Waals surface area contributed by atoms with Crippen LogP contribution in [0.3, 0.4) is 0 Å². The highest BCUT2D eigenvalue weighted by atomic mass is 32.2. The summed E-state index contributed by atoms with van der Waals surface area (Å²) in [6.07, 6.45) is 4.58. The molecule has 0 unspecified atom stereocenters. The zero-order chi connectivity index (χ0) is 20.1. The largest absolute Gasteiger partial charge is 0.378 e. The van der Waals surface area contributed by atoms with Gasteiger partial charge in [-0.2, -0.15) is 0 Å². The number of aromatic nitrogens is 2. The number of carbonyl (C=O) groups excluding carboxylic acids is 2. The minimum atomic E-state index is 0.0668. The maximum atomic E-state index is 12.8. The van der Waals surface area contributed by atoms with Crippen molar-refractivity contribution < 1.29 is 14.3 Å². The molecule has 0 bridgehead atoms. The molecule has 0 radical (unpaired) electrons. The van der Waals surface area contributed by atoms with E-state index in [9.17, 15) is 9.59 Å². The van der Waals surface area contributed by atoms with Crippen LogP contribution in [0.25, 0.3) is 11.0 Å². The second-order valence-corrected chi connectivity index (χ2v) is 8.49. The van der Waals surface area contributed by atoms with E-state index in [1.165, 1.54) is 24.6 Å². The highest BCUT2D eigenvalue weighted by molar-refractivity contribution is 7.99. The van der Waals surface area contributed by atoms with Gasteiger partial charge in [0.15, 0.2) is 5.16 Å². The highest BCUT2D eigenvalue weighted by Gasteiger charge is 2.22. The molecule has 1 aromatic heterocycles. The van der Waals surface area contributed by atoms with Crippen LogP contribution >= 0.6 is 11.8 Å². The molecule has 29 heavy (non-hydrogen) atoms. The van der Waals surface area contributed by atoms with Gasteiger partial charge in [-0.3, -0.25) is 9.59 Å². The first-order valence-corrected chi connectivity index (χ1v) is 11.4. The Morgan fingerprint density at radius 2 is 1.62 bits per heavy atom. The van der Waals surface area contributed by atoms with Crippen LogP contribution in [0.2, 0.25) is 0 Å². The first-order chi connectivity index (χ1) is 14.2. The lowest BCUT2D eigenvalue weighted by Crippen LogP contribution is -2.42. The first kappa shape index (κ1) is 20.2. The third-order valence-electron chi connectivity index (χ3n) is 5.56. The lowest BCUT2D eigenvalue weighted by Gasteiger charge is -2.27. The Morgan fingerprint density at radius 3 is 2.38 bits per heavy atom. The molecule has 0 saturated carbocycles. The molecule has 2 amide bonds. The standard InChI is InChI=1S/C21H28N4O3S/c26-19(24-11-13-28-14-12-24)15-25-18-8-4-3-7-17(18)22-21(25)29-16-20(27)23-9-5-1-2-6-10-23/h3-4,7-8H,1-2,5-6,9-16H2. The van der Waals surface area contributed by atoms with Gasteiger partial charge >= 0.3 is 0 Å². The van der Waals surface area contributed by atoms with E-state index in [0.29, 0.717) is 32.1 Å². The number of imidazole rings is 1. The average Bonchev–Trinajstić information content (AvgIpc) is 2.92. The predicted octanol–water partition coefficient (Wildman–Crippen LogP) is 2.39. The first-order valence-electron chi connectivity index (χ1n) is 10.4. The molecule has 7 nitrogen and oxygen atoms in total. The molecular formula is C21H28N4O3S. The van der Waals surface area contributed by atoms with E-state index < -0.39 is 0 Å². The number of hydrogen-bond acceptors (Lipinski definition) is 5. The molecule has 0 atom stereocenters. The molecule has 2 aromatic rings. The number of fused-ring (bicyclic) bond motifs is 1. The van der Waals surface area contributed by atoms with Crippen molar-refractivity contribution >= 4 is 34.6 Å². The zero-order valence-electron chi connectivity index (χ0n) is 16.7. The lowest BCUT2D eigenvalue weighted by molar-refractivity contribution is -0.136. The molecule has 2 aliphatic rings. The van der Waals surface area contributed by atoms with E-state index in [1.807, 2.05) is 38.6 Å². The van der Waals surface area contributed by atoms with Crippen LogP contribution in [-0.2, 0) is 20.9 Å². The molecule has 4 rings (SSSR count). The summed E-state index contributed by atoms with van der Waals surface area (Å²) in [7, 11) is 0. The van der Waals surface area contributed by atoms with Gasteiger partial charge in [-0.15, -0.1) is 0 Å². The van der Waals surface area contributed by atoms with Crippen molar-refractivity contribution in [2.75, 3.05) is 45.1 Å². The number of amides is 2. The number of hydrogen-bond donors (Lipinski definition) is 0. The molecule has 156 valence electrons. The summed E-state index contributed by atoms with van der Waals surface area (Å²) < 4.78 is 7.30. The van der Waals surface area contributed by atoms with E-state index in [0.717, 1.165) is 42.1 Å². The number of nitrogens with zero attached hydrogens (tertiary/aromatic N) is 4. The third-order valence-corrected chi connectivity index (χ3v) is 6.52. The molecule has 3 heterocycles. The molecule has 2 aliphatic heterocycles. The van der Waals surface area contributed by atoms with Crippen molar-refractivity contribution in [2.24, 2.45) is 0 Å². The van der Waals surface area contributed by atoms with Gasteiger partial charge in [-0.25, -0.2) is 4.98 Å². The maximum absolute atomic E-state index is 12.8. The Labute approximate surface area is 175 Å². The second-order valence-electron chi connectivity index (χ2n) is 7.55. The quantitative estimate of drug-likeness (QED) is 0.700. The number of para-hydroxylation sites is 2. The molecule has 0 aliphatic carbocycles. The Bertz CT molecular complexity index is 855. The van der Waals surface area contributed by atoms with Gasteiger partial charge in [0.05, 0.1) is 30.0 Å². The van der Waals surface area contributed by atoms with Crippen LogP contribution in [0.15, 0.2) is 29.4 Å². The monoisotopic (exact) mass is 416 g/mol. The Kier molecular flexibility index (Phi) is 6.71. The summed E-state index contributed by atoms with van der Waals surface area (Å²) >= 11 is 1.44. The van der Waals surface area contributed by atoms with E-state index >= 15 is 0 Å². The number of thioether (sulfide) groups is 1. The number of benzene rings is 1. The summed E-state index contributed by atoms with van der Waals surface area (Å²) in [6, 6.07) is 7.83. The molecule has 2 fully saturated rings. The van der Waals surface area contributed by atoms with Gasteiger partial charge in [0.25, 0.3) is 0 Å². The highest BCUT2D eigenvalue weighted by Crippen LogP contribution is 2.25. The van der Waals surface area contributed by atoms with E-state index in [2.05, 4.69) is 0 Å². The van der Waals surface area contributed by atoms with Crippen LogP contribution in [-0.4, -0.2) is 76.3 Å². The van der Waals surface area contributed by atoms with Crippen molar-refractivity contribution in [3.63, 3.8) is 0 Å². The van der Waals surface area contributed by atoms with Crippen molar-refractivity contribution in [1.82, 2.24) is 19.4 Å². The minimum absolute atomic E-state index is 0.0668. The number of carbonyl (C=O) groups is 2. The van der Waals surface area contributed by atoms with E-state index in [4.69, 9.17) is 9.72 Å². The maximum Gasteiger partial charge on any atom is 0.242 e. The van der Waals surface area contributed by atoms with Gasteiger partial charge in [-0.05, 0) is 25.0 Å². The van der Waals surface area contributed by atoms with Crippen molar-refractivity contribution in [2.45, 2.75) is 37.4 Å².